The van der Waals surface area contributed by atoms with Crippen LogP contribution in [-0.4, -0.2) is 27.3 Å². The Labute approximate surface area is 160 Å². The van der Waals surface area contributed by atoms with E-state index in [-0.39, 0.29) is 0 Å². The molecule has 0 radical (unpaired) electrons. The molecule has 4 aromatic rings. The highest BCUT2D eigenvalue weighted by molar-refractivity contribution is 7.99. The summed E-state index contributed by atoms with van der Waals surface area (Å²) in [6, 6.07) is 13.9. The van der Waals surface area contributed by atoms with Gasteiger partial charge in [-0.2, -0.15) is 0 Å². The number of nitrogens with two attached hydrogens (primary N) is 1. The highest BCUT2D eigenvalue weighted by atomic mass is 32.2. The zero-order valence-corrected chi connectivity index (χ0v) is 15.7. The number of nitrogens with zero attached hydrogens (tertiary/aromatic N) is 4. The van der Waals surface area contributed by atoms with Crippen LogP contribution in [-0.2, 0) is 0 Å². The number of pyridine rings is 2. The first kappa shape index (κ1) is 17.2. The van der Waals surface area contributed by atoms with Gasteiger partial charge in [0.05, 0.1) is 29.4 Å². The van der Waals surface area contributed by atoms with Crippen LogP contribution in [0.3, 0.4) is 0 Å². The Kier molecular flexibility index (Phi) is 4.60. The van der Waals surface area contributed by atoms with Gasteiger partial charge in [-0.15, -0.1) is 10.2 Å². The van der Waals surface area contributed by atoms with Crippen molar-refractivity contribution in [3.8, 4) is 17.0 Å². The van der Waals surface area contributed by atoms with Crippen molar-refractivity contribution in [2.45, 2.75) is 16.7 Å². The van der Waals surface area contributed by atoms with Crippen LogP contribution in [0.1, 0.15) is 5.56 Å². The number of hydrogen-bond acceptors (Lipinski definition) is 7. The van der Waals surface area contributed by atoms with Crippen LogP contribution >= 0.6 is 11.8 Å². The van der Waals surface area contributed by atoms with E-state index in [1.807, 2.05) is 42.5 Å². The van der Waals surface area contributed by atoms with Gasteiger partial charge in [0, 0.05) is 22.7 Å². The molecule has 0 saturated heterocycles. The van der Waals surface area contributed by atoms with E-state index in [1.165, 1.54) is 17.3 Å². The molecular weight excluding hydrogens is 358 g/mol. The van der Waals surface area contributed by atoms with Crippen molar-refractivity contribution in [1.82, 2.24) is 20.2 Å². The second kappa shape index (κ2) is 7.20. The molecule has 0 atom stereocenters. The predicted octanol–water partition coefficient (Wildman–Crippen LogP) is 4.14. The summed E-state index contributed by atoms with van der Waals surface area (Å²) < 4.78 is 5.23. The zero-order chi connectivity index (χ0) is 18.8. The second-order valence-electron chi connectivity index (χ2n) is 6.00. The van der Waals surface area contributed by atoms with Crippen molar-refractivity contribution >= 4 is 28.6 Å². The summed E-state index contributed by atoms with van der Waals surface area (Å²) >= 11 is 1.50. The standard InChI is InChI=1S/C20H17N5OS/c1-12-3-5-13(6-4-12)15-10-18(20(21)25-24-15)27-17-7-8-22-16-9-14(26-2)11-23-19(16)17/h3-11H,1-2H3,(H2,21,25). The van der Waals surface area contributed by atoms with E-state index in [4.69, 9.17) is 10.5 Å². The first-order valence-electron chi connectivity index (χ1n) is 8.31. The number of methoxy groups -OCH3 is 1. The van der Waals surface area contributed by atoms with Gasteiger partial charge in [-0.3, -0.25) is 4.98 Å². The number of nitrogen functional groups attached to an aromatic ring is 1. The summed E-state index contributed by atoms with van der Waals surface area (Å²) in [5.74, 6) is 1.05. The number of fused-ring (bicyclic) bond motifs is 1. The van der Waals surface area contributed by atoms with E-state index in [0.29, 0.717) is 11.6 Å². The van der Waals surface area contributed by atoms with E-state index in [0.717, 1.165) is 32.1 Å². The van der Waals surface area contributed by atoms with Crippen LogP contribution in [0.2, 0.25) is 0 Å². The SMILES string of the molecule is COc1cnc2c(Sc3cc(-c4ccc(C)cc4)nnc3N)ccnc2c1. The molecular formula is C20H17N5OS. The molecule has 0 amide bonds. The minimum Gasteiger partial charge on any atom is -0.495 e. The fourth-order valence-electron chi connectivity index (χ4n) is 2.63. The molecule has 2 N–H and O–H groups in total. The Balaban J connectivity index is 1.73. The molecule has 0 fully saturated rings. The molecule has 6 nitrogen and oxygen atoms in total. The largest absolute Gasteiger partial charge is 0.495 e. The molecule has 0 saturated carbocycles. The summed E-state index contributed by atoms with van der Waals surface area (Å²) in [6.07, 6.45) is 3.43. The van der Waals surface area contributed by atoms with Gasteiger partial charge in [0.2, 0.25) is 0 Å². The normalized spacial score (nSPS) is 10.9. The first-order valence-corrected chi connectivity index (χ1v) is 9.12. The quantitative estimate of drug-likeness (QED) is 0.573. The molecule has 0 bridgehead atoms. The van der Waals surface area contributed by atoms with Gasteiger partial charge < -0.3 is 10.5 Å². The Morgan fingerprint density at radius 2 is 1.78 bits per heavy atom. The highest BCUT2D eigenvalue weighted by Gasteiger charge is 2.12. The maximum atomic E-state index is 6.08. The van der Waals surface area contributed by atoms with Crippen molar-refractivity contribution in [1.29, 1.82) is 0 Å². The molecule has 4 rings (SSSR count). The monoisotopic (exact) mass is 375 g/mol. The van der Waals surface area contributed by atoms with Crippen molar-refractivity contribution in [3.63, 3.8) is 0 Å². The topological polar surface area (TPSA) is 86.8 Å². The van der Waals surface area contributed by atoms with Crippen LogP contribution < -0.4 is 10.5 Å². The van der Waals surface area contributed by atoms with E-state index in [9.17, 15) is 0 Å². The fraction of sp³-hybridized carbons (Fsp3) is 0.100. The minimum atomic E-state index is 0.384. The van der Waals surface area contributed by atoms with E-state index >= 15 is 0 Å². The number of rotatable bonds is 4. The molecule has 3 aromatic heterocycles. The van der Waals surface area contributed by atoms with Crippen molar-refractivity contribution in [3.05, 3.63) is 60.4 Å². The summed E-state index contributed by atoms with van der Waals surface area (Å²) in [5, 5.41) is 8.37. The van der Waals surface area contributed by atoms with Gasteiger partial charge in [-0.25, -0.2) is 4.98 Å². The lowest BCUT2D eigenvalue weighted by molar-refractivity contribution is 0.413. The van der Waals surface area contributed by atoms with Crippen molar-refractivity contribution in [2.75, 3.05) is 12.8 Å². The molecule has 0 spiro atoms. The van der Waals surface area contributed by atoms with Crippen LogP contribution in [0.4, 0.5) is 5.82 Å². The summed E-state index contributed by atoms with van der Waals surface area (Å²) in [4.78, 5) is 10.6. The average molecular weight is 375 g/mol. The maximum Gasteiger partial charge on any atom is 0.160 e. The Hall–Kier alpha value is -3.19. The third-order valence-electron chi connectivity index (χ3n) is 4.10. The molecule has 7 heteroatoms. The number of benzene rings is 1. The van der Waals surface area contributed by atoms with Gasteiger partial charge >= 0.3 is 0 Å². The van der Waals surface area contributed by atoms with Crippen molar-refractivity contribution in [2.24, 2.45) is 0 Å². The lowest BCUT2D eigenvalue weighted by Crippen LogP contribution is -1.98. The molecule has 0 aliphatic rings. The molecule has 1 aromatic carbocycles. The third kappa shape index (κ3) is 3.54. The number of aryl methyl sites for hydroxylation is 1. The molecule has 27 heavy (non-hydrogen) atoms. The highest BCUT2D eigenvalue weighted by Crippen LogP contribution is 2.36. The number of aromatic nitrogens is 4. The van der Waals surface area contributed by atoms with Gasteiger partial charge in [-0.05, 0) is 19.1 Å². The van der Waals surface area contributed by atoms with E-state index in [2.05, 4.69) is 27.1 Å². The third-order valence-corrected chi connectivity index (χ3v) is 5.20. The first-order chi connectivity index (χ1) is 13.1. The second-order valence-corrected chi connectivity index (χ2v) is 7.08. The van der Waals surface area contributed by atoms with Crippen LogP contribution in [0, 0.1) is 6.92 Å². The maximum absolute atomic E-state index is 6.08. The Morgan fingerprint density at radius 3 is 2.56 bits per heavy atom. The molecule has 134 valence electrons. The summed E-state index contributed by atoms with van der Waals surface area (Å²) in [5.41, 5.74) is 10.6. The van der Waals surface area contributed by atoms with Crippen LogP contribution in [0.15, 0.2) is 64.6 Å². The molecule has 0 unspecified atom stereocenters. The average Bonchev–Trinajstić information content (AvgIpc) is 2.70. The van der Waals surface area contributed by atoms with Crippen LogP contribution in [0.25, 0.3) is 22.3 Å². The molecule has 3 heterocycles. The van der Waals surface area contributed by atoms with Crippen molar-refractivity contribution < 1.29 is 4.74 Å². The summed E-state index contributed by atoms with van der Waals surface area (Å²) in [7, 11) is 1.61. The number of anilines is 1. The van der Waals surface area contributed by atoms with Gasteiger partial charge in [0.25, 0.3) is 0 Å². The fourth-order valence-corrected chi connectivity index (χ4v) is 3.57. The van der Waals surface area contributed by atoms with Crippen LogP contribution in [0.5, 0.6) is 5.75 Å². The lowest BCUT2D eigenvalue weighted by Gasteiger charge is -2.09. The van der Waals surface area contributed by atoms with Gasteiger partial charge in [0.1, 0.15) is 11.3 Å². The van der Waals surface area contributed by atoms with E-state index in [1.54, 1.807) is 19.5 Å². The smallest absolute Gasteiger partial charge is 0.160 e. The molecule has 0 aliphatic heterocycles. The summed E-state index contributed by atoms with van der Waals surface area (Å²) in [6.45, 7) is 2.05. The number of ether oxygens (including phenoxy) is 1. The molecule has 0 aliphatic carbocycles. The Morgan fingerprint density at radius 1 is 0.963 bits per heavy atom. The van der Waals surface area contributed by atoms with Gasteiger partial charge in [0.15, 0.2) is 5.82 Å². The van der Waals surface area contributed by atoms with E-state index < -0.39 is 0 Å². The number of hydrogen-bond donors (Lipinski definition) is 1. The van der Waals surface area contributed by atoms with Gasteiger partial charge in [-0.1, -0.05) is 41.6 Å². The lowest BCUT2D eigenvalue weighted by atomic mass is 10.1. The minimum absolute atomic E-state index is 0.384. The Bertz CT molecular complexity index is 1120. The predicted molar refractivity (Wildman–Crippen MR) is 107 cm³/mol. The zero-order valence-electron chi connectivity index (χ0n) is 14.9.